The largest absolute Gasteiger partial charge is 0.496 e. The highest BCUT2D eigenvalue weighted by atomic mass is 19.1. The van der Waals surface area contributed by atoms with E-state index in [1.165, 1.54) is 14.0 Å². The van der Waals surface area contributed by atoms with Gasteiger partial charge < -0.3 is 10.1 Å². The molecule has 0 aliphatic heterocycles. The topological polar surface area (TPSA) is 77.0 Å². The number of nitrogens with one attached hydrogen (secondary N) is 1. The van der Waals surface area contributed by atoms with E-state index in [9.17, 15) is 9.18 Å². The summed E-state index contributed by atoms with van der Waals surface area (Å²) in [5, 5.41) is 3.41. The fourth-order valence-corrected chi connectivity index (χ4v) is 4.25. The van der Waals surface area contributed by atoms with Gasteiger partial charge in [0.1, 0.15) is 17.1 Å². The Morgan fingerprint density at radius 2 is 1.68 bits per heavy atom. The SMILES string of the molecule is C=C(/C=C(OC)\C(C=O)=C(/C)F)c1cccc(-c2cccc(Nc3nccc4nccnc34)c2C)c1C. The van der Waals surface area contributed by atoms with Crippen molar-refractivity contribution in [1.82, 2.24) is 15.0 Å². The van der Waals surface area contributed by atoms with Gasteiger partial charge in [0.15, 0.2) is 12.1 Å². The average molecular weight is 495 g/mol. The van der Waals surface area contributed by atoms with Gasteiger partial charge in [-0.15, -0.1) is 0 Å². The number of nitrogens with zero attached hydrogens (tertiary/aromatic N) is 3. The zero-order valence-corrected chi connectivity index (χ0v) is 21.2. The molecule has 0 atom stereocenters. The summed E-state index contributed by atoms with van der Waals surface area (Å²) in [4.78, 5) is 24.6. The molecule has 0 saturated carbocycles. The van der Waals surface area contributed by atoms with Crippen LogP contribution in [0.2, 0.25) is 0 Å². The van der Waals surface area contributed by atoms with Gasteiger partial charge in [0.25, 0.3) is 0 Å². The average Bonchev–Trinajstić information content (AvgIpc) is 2.90. The van der Waals surface area contributed by atoms with Crippen molar-refractivity contribution >= 4 is 34.4 Å². The van der Waals surface area contributed by atoms with Gasteiger partial charge in [-0.2, -0.15) is 0 Å². The lowest BCUT2D eigenvalue weighted by Gasteiger charge is -2.17. The Morgan fingerprint density at radius 3 is 2.38 bits per heavy atom. The lowest BCUT2D eigenvalue weighted by molar-refractivity contribution is -0.105. The Balaban J connectivity index is 1.74. The van der Waals surface area contributed by atoms with Crippen LogP contribution in [-0.4, -0.2) is 28.3 Å². The standard InChI is InChI=1S/C30H27FN4O2/c1-18(16-28(37-5)25(17-36)21(4)31)22-8-6-9-23(19(22)2)24-10-7-11-26(20(24)3)35-30-29-27(12-13-34-30)32-14-15-33-29/h6-17H,1H2,2-5H3,(H,34,35)/b25-21+,28-16+. The second kappa shape index (κ2) is 11.0. The molecule has 0 radical (unpaired) electrons. The van der Waals surface area contributed by atoms with E-state index in [-0.39, 0.29) is 11.3 Å². The van der Waals surface area contributed by atoms with E-state index in [0.717, 1.165) is 39.0 Å². The monoisotopic (exact) mass is 494 g/mol. The van der Waals surface area contributed by atoms with Crippen LogP contribution in [0.15, 0.2) is 90.9 Å². The van der Waals surface area contributed by atoms with Gasteiger partial charge in [0, 0.05) is 24.3 Å². The Kier molecular flexibility index (Phi) is 7.53. The van der Waals surface area contributed by atoms with Crippen molar-refractivity contribution in [1.29, 1.82) is 0 Å². The van der Waals surface area contributed by atoms with Crippen LogP contribution in [0.25, 0.3) is 27.7 Å². The number of ether oxygens (including phenoxy) is 1. The van der Waals surface area contributed by atoms with Crippen LogP contribution >= 0.6 is 0 Å². The zero-order chi connectivity index (χ0) is 26.5. The van der Waals surface area contributed by atoms with E-state index >= 15 is 0 Å². The molecule has 2 aromatic carbocycles. The molecule has 0 saturated heterocycles. The van der Waals surface area contributed by atoms with Crippen molar-refractivity contribution in [3.63, 3.8) is 0 Å². The molecule has 0 bridgehead atoms. The van der Waals surface area contributed by atoms with Crippen LogP contribution in [0.5, 0.6) is 0 Å². The molecule has 1 N–H and O–H groups in total. The maximum Gasteiger partial charge on any atom is 0.158 e. The summed E-state index contributed by atoms with van der Waals surface area (Å²) in [6.07, 6.45) is 7.03. The summed E-state index contributed by atoms with van der Waals surface area (Å²) in [6, 6.07) is 13.8. The van der Waals surface area contributed by atoms with Crippen molar-refractivity contribution in [2.24, 2.45) is 0 Å². The molecular formula is C30H27FN4O2. The Hall–Kier alpha value is -4.65. The van der Waals surface area contributed by atoms with Crippen molar-refractivity contribution in [3.8, 4) is 11.1 Å². The van der Waals surface area contributed by atoms with Crippen molar-refractivity contribution in [2.45, 2.75) is 20.8 Å². The van der Waals surface area contributed by atoms with E-state index in [1.54, 1.807) is 24.7 Å². The van der Waals surface area contributed by atoms with Gasteiger partial charge in [-0.05, 0) is 72.4 Å². The number of anilines is 2. The minimum Gasteiger partial charge on any atom is -0.496 e. The summed E-state index contributed by atoms with van der Waals surface area (Å²) in [5.41, 5.74) is 7.74. The number of methoxy groups -OCH3 is 1. The number of carbonyl (C=O) groups excluding carboxylic acids is 1. The third-order valence-corrected chi connectivity index (χ3v) is 6.22. The van der Waals surface area contributed by atoms with Crippen molar-refractivity contribution in [2.75, 3.05) is 12.4 Å². The van der Waals surface area contributed by atoms with E-state index in [0.29, 0.717) is 23.2 Å². The highest BCUT2D eigenvalue weighted by molar-refractivity contribution is 5.89. The molecule has 0 aliphatic carbocycles. The van der Waals surface area contributed by atoms with Crippen LogP contribution in [0.3, 0.4) is 0 Å². The van der Waals surface area contributed by atoms with Gasteiger partial charge in [-0.25, -0.2) is 14.4 Å². The molecule has 0 aliphatic rings. The fourth-order valence-electron chi connectivity index (χ4n) is 4.25. The molecule has 4 aromatic rings. The summed E-state index contributed by atoms with van der Waals surface area (Å²) in [6.45, 7) is 9.43. The number of carbonyl (C=O) groups is 1. The Labute approximate surface area is 215 Å². The maximum absolute atomic E-state index is 13.8. The van der Waals surface area contributed by atoms with Crippen molar-refractivity contribution in [3.05, 3.63) is 108 Å². The smallest absolute Gasteiger partial charge is 0.158 e. The minimum atomic E-state index is -0.618. The summed E-state index contributed by atoms with van der Waals surface area (Å²) >= 11 is 0. The van der Waals surface area contributed by atoms with Crippen LogP contribution in [-0.2, 0) is 9.53 Å². The van der Waals surface area contributed by atoms with Crippen molar-refractivity contribution < 1.29 is 13.9 Å². The molecule has 186 valence electrons. The molecule has 0 unspecified atom stereocenters. The second-order valence-corrected chi connectivity index (χ2v) is 8.47. The van der Waals surface area contributed by atoms with Gasteiger partial charge in [0.2, 0.25) is 0 Å². The van der Waals surface area contributed by atoms with Gasteiger partial charge >= 0.3 is 0 Å². The van der Waals surface area contributed by atoms with Crippen LogP contribution < -0.4 is 5.32 Å². The maximum atomic E-state index is 13.8. The van der Waals surface area contributed by atoms with Gasteiger partial charge in [0.05, 0.1) is 18.2 Å². The van der Waals surface area contributed by atoms with Crippen LogP contribution in [0.1, 0.15) is 23.6 Å². The first-order valence-electron chi connectivity index (χ1n) is 11.6. The number of hydrogen-bond donors (Lipinski definition) is 1. The number of fused-ring (bicyclic) bond motifs is 1. The van der Waals surface area contributed by atoms with Gasteiger partial charge in [-0.3, -0.25) is 9.78 Å². The summed E-state index contributed by atoms with van der Waals surface area (Å²) in [5.74, 6) is 0.134. The first kappa shape index (κ1) is 25.4. The highest BCUT2D eigenvalue weighted by Gasteiger charge is 2.15. The highest BCUT2D eigenvalue weighted by Crippen LogP contribution is 2.35. The number of allylic oxidation sites excluding steroid dienone is 4. The molecule has 37 heavy (non-hydrogen) atoms. The summed E-state index contributed by atoms with van der Waals surface area (Å²) < 4.78 is 19.1. The van der Waals surface area contributed by atoms with Gasteiger partial charge in [-0.1, -0.05) is 36.9 Å². The van der Waals surface area contributed by atoms with E-state index < -0.39 is 5.83 Å². The molecule has 2 heterocycles. The molecular weight excluding hydrogens is 467 g/mol. The second-order valence-electron chi connectivity index (χ2n) is 8.47. The number of aromatic nitrogens is 3. The molecule has 6 nitrogen and oxygen atoms in total. The lowest BCUT2D eigenvalue weighted by atomic mass is 9.90. The van der Waals surface area contributed by atoms with Crippen LogP contribution in [0, 0.1) is 13.8 Å². The molecule has 7 heteroatoms. The molecule has 0 fully saturated rings. The quantitative estimate of drug-likeness (QED) is 0.123. The number of halogens is 1. The summed E-state index contributed by atoms with van der Waals surface area (Å²) in [7, 11) is 1.40. The predicted molar refractivity (Wildman–Crippen MR) is 146 cm³/mol. The number of hydrogen-bond acceptors (Lipinski definition) is 6. The lowest BCUT2D eigenvalue weighted by Crippen LogP contribution is -2.00. The first-order chi connectivity index (χ1) is 17.8. The zero-order valence-electron chi connectivity index (χ0n) is 21.2. The third-order valence-electron chi connectivity index (χ3n) is 6.22. The normalized spacial score (nSPS) is 12.2. The predicted octanol–water partition coefficient (Wildman–Crippen LogP) is 7.04. The number of aldehydes is 1. The van der Waals surface area contributed by atoms with Crippen LogP contribution in [0.4, 0.5) is 15.9 Å². The first-order valence-corrected chi connectivity index (χ1v) is 11.6. The Bertz CT molecular complexity index is 1560. The number of benzene rings is 2. The van der Waals surface area contributed by atoms with E-state index in [4.69, 9.17) is 4.74 Å². The Morgan fingerprint density at radius 1 is 0.973 bits per heavy atom. The molecule has 0 spiro atoms. The minimum absolute atomic E-state index is 0.123. The molecule has 0 amide bonds. The molecule has 4 rings (SSSR count). The number of pyridine rings is 1. The number of rotatable bonds is 8. The molecule has 2 aromatic heterocycles. The fraction of sp³-hybridized carbons (Fsp3) is 0.133. The third kappa shape index (κ3) is 5.16. The van der Waals surface area contributed by atoms with E-state index in [1.807, 2.05) is 50.2 Å². The van der Waals surface area contributed by atoms with E-state index in [2.05, 4.69) is 32.9 Å².